The quantitative estimate of drug-likeness (QED) is 0.649. The van der Waals surface area contributed by atoms with Gasteiger partial charge in [-0.2, -0.15) is 0 Å². The van der Waals surface area contributed by atoms with Crippen LogP contribution in [0.4, 0.5) is 10.5 Å². The fourth-order valence-electron chi connectivity index (χ4n) is 3.10. The Hall–Kier alpha value is -2.29. The smallest absolute Gasteiger partial charge is 0.320 e. The number of carbonyl (C=O) groups excluding carboxylic acids is 1. The van der Waals surface area contributed by atoms with Crippen LogP contribution in [0.25, 0.3) is 0 Å². The first kappa shape index (κ1) is 19.0. The van der Waals surface area contributed by atoms with Gasteiger partial charge in [0, 0.05) is 25.3 Å². The molecule has 0 aromatic heterocycles. The molecular formula is C22H30N2O. The van der Waals surface area contributed by atoms with E-state index in [0.717, 1.165) is 25.1 Å². The molecule has 0 saturated heterocycles. The second-order valence-electron chi connectivity index (χ2n) is 6.63. The Kier molecular flexibility index (Phi) is 7.05. The Balaban J connectivity index is 2.25. The van der Waals surface area contributed by atoms with E-state index in [-0.39, 0.29) is 6.03 Å². The Morgan fingerprint density at radius 2 is 1.60 bits per heavy atom. The zero-order valence-corrected chi connectivity index (χ0v) is 16.0. The Morgan fingerprint density at radius 3 is 2.16 bits per heavy atom. The van der Waals surface area contributed by atoms with Crippen LogP contribution in [0, 0.1) is 13.8 Å². The number of unbranched alkanes of at least 4 members (excludes halogenated alkanes) is 1. The van der Waals surface area contributed by atoms with Gasteiger partial charge in [-0.3, -0.25) is 4.90 Å². The van der Waals surface area contributed by atoms with Crippen LogP contribution in [0.3, 0.4) is 0 Å². The normalized spacial score (nSPS) is 10.6. The lowest BCUT2D eigenvalue weighted by Gasteiger charge is -2.30. The number of hydrogen-bond acceptors (Lipinski definition) is 1. The van der Waals surface area contributed by atoms with Gasteiger partial charge in [0.25, 0.3) is 0 Å². The van der Waals surface area contributed by atoms with Crippen LogP contribution in [0.15, 0.2) is 48.5 Å². The lowest BCUT2D eigenvalue weighted by atomic mass is 10.1. The van der Waals surface area contributed by atoms with Gasteiger partial charge < -0.3 is 4.90 Å². The van der Waals surface area contributed by atoms with Gasteiger partial charge in [0.05, 0.1) is 0 Å². The SMILES string of the molecule is CCCCN(Cc1ccccc1)C(=O)N(CC)c1cc(C)cc(C)c1. The van der Waals surface area contributed by atoms with E-state index in [4.69, 9.17) is 0 Å². The average molecular weight is 338 g/mol. The van der Waals surface area contributed by atoms with Crippen molar-refractivity contribution in [2.45, 2.75) is 47.1 Å². The molecule has 0 atom stereocenters. The fourth-order valence-corrected chi connectivity index (χ4v) is 3.10. The van der Waals surface area contributed by atoms with Crippen molar-refractivity contribution in [1.82, 2.24) is 4.90 Å². The number of hydrogen-bond donors (Lipinski definition) is 0. The molecule has 0 aliphatic heterocycles. The summed E-state index contributed by atoms with van der Waals surface area (Å²) in [4.78, 5) is 17.1. The van der Waals surface area contributed by atoms with E-state index < -0.39 is 0 Å². The van der Waals surface area contributed by atoms with Crippen LogP contribution in [0.2, 0.25) is 0 Å². The molecule has 0 unspecified atom stereocenters. The van der Waals surface area contributed by atoms with Crippen molar-refractivity contribution in [2.75, 3.05) is 18.0 Å². The number of urea groups is 1. The summed E-state index contributed by atoms with van der Waals surface area (Å²) in [6.45, 7) is 10.5. The zero-order valence-electron chi connectivity index (χ0n) is 16.0. The highest BCUT2D eigenvalue weighted by Gasteiger charge is 2.21. The summed E-state index contributed by atoms with van der Waals surface area (Å²) in [7, 11) is 0. The van der Waals surface area contributed by atoms with Crippen LogP contribution in [-0.4, -0.2) is 24.0 Å². The molecule has 2 aromatic carbocycles. The van der Waals surface area contributed by atoms with Gasteiger partial charge in [0.2, 0.25) is 0 Å². The summed E-state index contributed by atoms with van der Waals surface area (Å²) >= 11 is 0. The lowest BCUT2D eigenvalue weighted by molar-refractivity contribution is 0.201. The van der Waals surface area contributed by atoms with Crippen LogP contribution in [0.5, 0.6) is 0 Å². The highest BCUT2D eigenvalue weighted by atomic mass is 16.2. The molecule has 0 heterocycles. The molecule has 25 heavy (non-hydrogen) atoms. The number of carbonyl (C=O) groups is 1. The van der Waals surface area contributed by atoms with E-state index in [9.17, 15) is 4.79 Å². The van der Waals surface area contributed by atoms with Crippen molar-refractivity contribution < 1.29 is 4.79 Å². The number of anilines is 1. The van der Waals surface area contributed by atoms with E-state index in [1.807, 2.05) is 34.9 Å². The zero-order chi connectivity index (χ0) is 18.2. The van der Waals surface area contributed by atoms with E-state index >= 15 is 0 Å². The van der Waals surface area contributed by atoms with Crippen molar-refractivity contribution in [2.24, 2.45) is 0 Å². The largest absolute Gasteiger partial charge is 0.324 e. The maximum atomic E-state index is 13.3. The second kappa shape index (κ2) is 9.26. The minimum absolute atomic E-state index is 0.0878. The van der Waals surface area contributed by atoms with Gasteiger partial charge >= 0.3 is 6.03 Å². The van der Waals surface area contributed by atoms with Gasteiger partial charge in [-0.25, -0.2) is 4.79 Å². The predicted octanol–water partition coefficient (Wildman–Crippen LogP) is 5.55. The molecule has 0 fully saturated rings. The Labute approximate surface area is 152 Å². The highest BCUT2D eigenvalue weighted by Crippen LogP contribution is 2.21. The first-order chi connectivity index (χ1) is 12.0. The highest BCUT2D eigenvalue weighted by molar-refractivity contribution is 5.92. The fraction of sp³-hybridized carbons (Fsp3) is 0.409. The average Bonchev–Trinajstić information content (AvgIpc) is 2.59. The van der Waals surface area contributed by atoms with E-state index in [2.05, 4.69) is 51.1 Å². The van der Waals surface area contributed by atoms with Crippen molar-refractivity contribution >= 4 is 11.7 Å². The standard InChI is InChI=1S/C22H30N2O/c1-5-7-13-23(17-20-11-9-8-10-12-20)22(25)24(6-2)21-15-18(3)14-19(4)16-21/h8-12,14-16H,5-7,13,17H2,1-4H3. The maximum absolute atomic E-state index is 13.3. The summed E-state index contributed by atoms with van der Waals surface area (Å²) in [5.41, 5.74) is 4.52. The molecule has 0 saturated carbocycles. The first-order valence-corrected chi connectivity index (χ1v) is 9.23. The number of benzene rings is 2. The molecule has 134 valence electrons. The predicted molar refractivity (Wildman–Crippen MR) is 106 cm³/mol. The summed E-state index contributed by atoms with van der Waals surface area (Å²) in [5.74, 6) is 0. The summed E-state index contributed by atoms with van der Waals surface area (Å²) in [6, 6.07) is 16.6. The molecule has 3 heteroatoms. The van der Waals surface area contributed by atoms with Crippen LogP contribution < -0.4 is 4.90 Å². The van der Waals surface area contributed by atoms with Gasteiger partial charge in [0.1, 0.15) is 0 Å². The van der Waals surface area contributed by atoms with E-state index in [0.29, 0.717) is 13.1 Å². The minimum Gasteiger partial charge on any atom is -0.320 e. The van der Waals surface area contributed by atoms with Crippen LogP contribution in [-0.2, 0) is 6.54 Å². The van der Waals surface area contributed by atoms with Gasteiger partial charge in [-0.15, -0.1) is 0 Å². The van der Waals surface area contributed by atoms with E-state index in [1.54, 1.807) is 0 Å². The monoisotopic (exact) mass is 338 g/mol. The molecule has 2 amide bonds. The third-order valence-corrected chi connectivity index (χ3v) is 4.33. The maximum Gasteiger partial charge on any atom is 0.324 e. The number of nitrogens with zero attached hydrogens (tertiary/aromatic N) is 2. The lowest BCUT2D eigenvalue weighted by Crippen LogP contribution is -2.43. The third kappa shape index (κ3) is 5.35. The first-order valence-electron chi connectivity index (χ1n) is 9.23. The van der Waals surface area contributed by atoms with Crippen molar-refractivity contribution in [3.63, 3.8) is 0 Å². The number of rotatable bonds is 7. The van der Waals surface area contributed by atoms with Crippen molar-refractivity contribution in [1.29, 1.82) is 0 Å². The topological polar surface area (TPSA) is 23.6 Å². The molecule has 0 radical (unpaired) electrons. The molecule has 2 aromatic rings. The summed E-state index contributed by atoms with van der Waals surface area (Å²) in [5, 5.41) is 0. The molecule has 0 aliphatic carbocycles. The van der Waals surface area contributed by atoms with Crippen LogP contribution >= 0.6 is 0 Å². The summed E-state index contributed by atoms with van der Waals surface area (Å²) < 4.78 is 0. The van der Waals surface area contributed by atoms with Gasteiger partial charge in [-0.1, -0.05) is 49.7 Å². The molecule has 0 N–H and O–H groups in total. The van der Waals surface area contributed by atoms with Gasteiger partial charge in [0.15, 0.2) is 0 Å². The molecule has 3 nitrogen and oxygen atoms in total. The van der Waals surface area contributed by atoms with E-state index in [1.165, 1.54) is 16.7 Å². The second-order valence-corrected chi connectivity index (χ2v) is 6.63. The minimum atomic E-state index is 0.0878. The number of aryl methyl sites for hydroxylation is 2. The summed E-state index contributed by atoms with van der Waals surface area (Å²) in [6.07, 6.45) is 2.09. The van der Waals surface area contributed by atoms with Gasteiger partial charge in [-0.05, 0) is 56.0 Å². The Morgan fingerprint density at radius 1 is 0.960 bits per heavy atom. The molecule has 2 rings (SSSR count). The molecule has 0 spiro atoms. The van der Waals surface area contributed by atoms with Crippen LogP contribution in [0.1, 0.15) is 43.4 Å². The molecule has 0 aliphatic rings. The third-order valence-electron chi connectivity index (χ3n) is 4.33. The molecular weight excluding hydrogens is 308 g/mol. The number of amides is 2. The van der Waals surface area contributed by atoms with Crippen molar-refractivity contribution in [3.8, 4) is 0 Å². The van der Waals surface area contributed by atoms with Crippen molar-refractivity contribution in [3.05, 3.63) is 65.2 Å². The molecule has 0 bridgehead atoms. The Bertz CT molecular complexity index is 661.